The van der Waals surface area contributed by atoms with Crippen LogP contribution < -0.4 is 10.1 Å². The molecule has 1 saturated carbocycles. The van der Waals surface area contributed by atoms with Crippen molar-refractivity contribution < 1.29 is 4.74 Å². The maximum Gasteiger partial charge on any atom is 0.119 e. The molecule has 0 aromatic heterocycles. The molecule has 106 valence electrons. The van der Waals surface area contributed by atoms with E-state index in [1.807, 2.05) is 6.07 Å². The van der Waals surface area contributed by atoms with Crippen molar-refractivity contribution in [1.82, 2.24) is 5.32 Å². The highest BCUT2D eigenvalue weighted by Crippen LogP contribution is 2.25. The lowest BCUT2D eigenvalue weighted by atomic mass is 9.93. The molecule has 0 radical (unpaired) electrons. The summed E-state index contributed by atoms with van der Waals surface area (Å²) >= 11 is 0. The van der Waals surface area contributed by atoms with E-state index in [1.54, 1.807) is 7.11 Å². The van der Waals surface area contributed by atoms with Crippen LogP contribution in [-0.2, 0) is 6.54 Å². The largest absolute Gasteiger partial charge is 0.497 e. The highest BCUT2D eigenvalue weighted by molar-refractivity contribution is 5.28. The van der Waals surface area contributed by atoms with Gasteiger partial charge in [-0.25, -0.2) is 0 Å². The maximum absolute atomic E-state index is 5.27. The molecule has 19 heavy (non-hydrogen) atoms. The zero-order valence-corrected chi connectivity index (χ0v) is 12.3. The summed E-state index contributed by atoms with van der Waals surface area (Å²) in [7, 11) is 1.72. The van der Waals surface area contributed by atoms with Gasteiger partial charge < -0.3 is 10.1 Å². The standard InChI is InChI=1S/C17H27NO/c1-14(16-9-5-3-4-6-10-16)18-13-15-8-7-11-17(12-15)19-2/h7-8,11-12,14,16,18H,3-6,9-10,13H2,1-2H3/t14-/m1/s1. The normalized spacial score (nSPS) is 18.8. The summed E-state index contributed by atoms with van der Waals surface area (Å²) in [6.07, 6.45) is 8.47. The van der Waals surface area contributed by atoms with E-state index in [0.717, 1.165) is 18.2 Å². The molecule has 1 aliphatic carbocycles. The van der Waals surface area contributed by atoms with Crippen molar-refractivity contribution in [1.29, 1.82) is 0 Å². The summed E-state index contributed by atoms with van der Waals surface area (Å²) in [5.41, 5.74) is 1.31. The third kappa shape index (κ3) is 4.54. The van der Waals surface area contributed by atoms with Crippen molar-refractivity contribution in [2.75, 3.05) is 7.11 Å². The second kappa shape index (κ2) is 7.54. The van der Waals surface area contributed by atoms with E-state index in [9.17, 15) is 0 Å². The lowest BCUT2D eigenvalue weighted by molar-refractivity contribution is 0.336. The van der Waals surface area contributed by atoms with Gasteiger partial charge in [0.15, 0.2) is 0 Å². The first kappa shape index (κ1) is 14.4. The first-order valence-corrected chi connectivity index (χ1v) is 7.66. The van der Waals surface area contributed by atoms with E-state index in [4.69, 9.17) is 4.74 Å². The topological polar surface area (TPSA) is 21.3 Å². The number of benzene rings is 1. The number of ether oxygens (including phenoxy) is 1. The zero-order chi connectivity index (χ0) is 13.5. The van der Waals surface area contributed by atoms with E-state index < -0.39 is 0 Å². The Balaban J connectivity index is 1.83. The molecule has 2 nitrogen and oxygen atoms in total. The fraction of sp³-hybridized carbons (Fsp3) is 0.647. The van der Waals surface area contributed by atoms with Gasteiger partial charge in [-0.05, 0) is 43.4 Å². The molecular formula is C17H27NO. The zero-order valence-electron chi connectivity index (χ0n) is 12.3. The molecule has 1 aromatic carbocycles. The van der Waals surface area contributed by atoms with Crippen LogP contribution in [0.4, 0.5) is 0 Å². The van der Waals surface area contributed by atoms with Crippen LogP contribution >= 0.6 is 0 Å². The molecule has 0 aliphatic heterocycles. The molecule has 2 rings (SSSR count). The number of hydrogen-bond donors (Lipinski definition) is 1. The summed E-state index contributed by atoms with van der Waals surface area (Å²) < 4.78 is 5.27. The van der Waals surface area contributed by atoms with Crippen LogP contribution in [0.2, 0.25) is 0 Å². The fourth-order valence-corrected chi connectivity index (χ4v) is 3.04. The van der Waals surface area contributed by atoms with E-state index in [-0.39, 0.29) is 0 Å². The predicted octanol–water partition coefficient (Wildman–Crippen LogP) is 4.14. The van der Waals surface area contributed by atoms with Crippen molar-refractivity contribution in [2.45, 2.75) is 58.0 Å². The molecule has 1 fully saturated rings. The summed E-state index contributed by atoms with van der Waals surface area (Å²) in [5, 5.41) is 3.69. The summed E-state index contributed by atoms with van der Waals surface area (Å²) in [6, 6.07) is 8.95. The van der Waals surface area contributed by atoms with Crippen molar-refractivity contribution in [3.63, 3.8) is 0 Å². The molecule has 2 heteroatoms. The van der Waals surface area contributed by atoms with E-state index in [2.05, 4.69) is 30.4 Å². The fourth-order valence-electron chi connectivity index (χ4n) is 3.04. The first-order chi connectivity index (χ1) is 9.29. The van der Waals surface area contributed by atoms with Crippen LogP contribution in [-0.4, -0.2) is 13.2 Å². The van der Waals surface area contributed by atoms with Gasteiger partial charge in [0.05, 0.1) is 7.11 Å². The van der Waals surface area contributed by atoms with Crippen LogP contribution in [0.25, 0.3) is 0 Å². The van der Waals surface area contributed by atoms with Crippen LogP contribution in [0.5, 0.6) is 5.75 Å². The van der Waals surface area contributed by atoms with Gasteiger partial charge in [-0.15, -0.1) is 0 Å². The minimum absolute atomic E-state index is 0.615. The highest BCUT2D eigenvalue weighted by Gasteiger charge is 2.18. The smallest absolute Gasteiger partial charge is 0.119 e. The van der Waals surface area contributed by atoms with Gasteiger partial charge in [0.25, 0.3) is 0 Å². The van der Waals surface area contributed by atoms with E-state index in [0.29, 0.717) is 6.04 Å². The van der Waals surface area contributed by atoms with Crippen LogP contribution in [0.15, 0.2) is 24.3 Å². The van der Waals surface area contributed by atoms with Gasteiger partial charge in [0, 0.05) is 12.6 Å². The molecule has 1 aliphatic rings. The maximum atomic E-state index is 5.27. The number of hydrogen-bond acceptors (Lipinski definition) is 2. The third-order valence-corrected chi connectivity index (χ3v) is 4.37. The molecule has 0 spiro atoms. The van der Waals surface area contributed by atoms with E-state index in [1.165, 1.54) is 44.1 Å². The van der Waals surface area contributed by atoms with Gasteiger partial charge in [-0.2, -0.15) is 0 Å². The van der Waals surface area contributed by atoms with Crippen molar-refractivity contribution in [3.05, 3.63) is 29.8 Å². The molecule has 1 atom stereocenters. The average Bonchev–Trinajstić information content (AvgIpc) is 2.74. The van der Waals surface area contributed by atoms with Gasteiger partial charge in [-0.1, -0.05) is 37.8 Å². The van der Waals surface area contributed by atoms with Crippen molar-refractivity contribution in [2.24, 2.45) is 5.92 Å². The lowest BCUT2D eigenvalue weighted by Gasteiger charge is -2.23. The quantitative estimate of drug-likeness (QED) is 0.804. The Labute approximate surface area is 117 Å². The van der Waals surface area contributed by atoms with Crippen molar-refractivity contribution in [3.8, 4) is 5.75 Å². The average molecular weight is 261 g/mol. The van der Waals surface area contributed by atoms with Gasteiger partial charge in [-0.3, -0.25) is 0 Å². The van der Waals surface area contributed by atoms with Crippen LogP contribution in [0, 0.1) is 5.92 Å². The van der Waals surface area contributed by atoms with Crippen LogP contribution in [0.3, 0.4) is 0 Å². The Hall–Kier alpha value is -1.02. The van der Waals surface area contributed by atoms with Gasteiger partial charge in [0.1, 0.15) is 5.75 Å². The Bertz CT molecular complexity index is 369. The molecule has 0 heterocycles. The molecule has 0 saturated heterocycles. The second-order valence-corrected chi connectivity index (χ2v) is 5.77. The molecular weight excluding hydrogens is 234 g/mol. The number of rotatable bonds is 5. The third-order valence-electron chi connectivity index (χ3n) is 4.37. The Kier molecular flexibility index (Phi) is 5.71. The summed E-state index contributed by atoms with van der Waals surface area (Å²) in [4.78, 5) is 0. The predicted molar refractivity (Wildman–Crippen MR) is 80.5 cm³/mol. The van der Waals surface area contributed by atoms with E-state index >= 15 is 0 Å². The second-order valence-electron chi connectivity index (χ2n) is 5.77. The minimum Gasteiger partial charge on any atom is -0.497 e. The summed E-state index contributed by atoms with van der Waals surface area (Å²) in [6.45, 7) is 3.28. The molecule has 0 bridgehead atoms. The van der Waals surface area contributed by atoms with Crippen molar-refractivity contribution >= 4 is 0 Å². The lowest BCUT2D eigenvalue weighted by Crippen LogP contribution is -2.32. The number of nitrogens with one attached hydrogen (secondary N) is 1. The Morgan fingerprint density at radius 2 is 1.95 bits per heavy atom. The number of methoxy groups -OCH3 is 1. The monoisotopic (exact) mass is 261 g/mol. The first-order valence-electron chi connectivity index (χ1n) is 7.66. The Morgan fingerprint density at radius 1 is 1.21 bits per heavy atom. The Morgan fingerprint density at radius 3 is 2.63 bits per heavy atom. The molecule has 1 N–H and O–H groups in total. The van der Waals surface area contributed by atoms with Gasteiger partial charge >= 0.3 is 0 Å². The molecule has 0 amide bonds. The minimum atomic E-state index is 0.615. The van der Waals surface area contributed by atoms with Crippen LogP contribution in [0.1, 0.15) is 51.0 Å². The van der Waals surface area contributed by atoms with Gasteiger partial charge in [0.2, 0.25) is 0 Å². The SMILES string of the molecule is COc1cccc(CN[C@H](C)C2CCCCCC2)c1. The highest BCUT2D eigenvalue weighted by atomic mass is 16.5. The molecule has 1 aromatic rings. The summed E-state index contributed by atoms with van der Waals surface area (Å²) in [5.74, 6) is 1.80. The molecule has 0 unspecified atom stereocenters.